The number of hydrogen-bond acceptors (Lipinski definition) is 2. The zero-order valence-corrected chi connectivity index (χ0v) is 16.2. The van der Waals surface area contributed by atoms with Gasteiger partial charge in [-0.25, -0.2) is 4.98 Å². The lowest BCUT2D eigenvalue weighted by Gasteiger charge is -2.09. The van der Waals surface area contributed by atoms with Gasteiger partial charge in [0.15, 0.2) is 0 Å². The Morgan fingerprint density at radius 1 is 0.963 bits per heavy atom. The number of benzene rings is 2. The molecule has 0 spiro atoms. The van der Waals surface area contributed by atoms with Crippen molar-refractivity contribution in [2.75, 3.05) is 6.54 Å². The van der Waals surface area contributed by atoms with Crippen LogP contribution in [0.25, 0.3) is 11.0 Å². The highest BCUT2D eigenvalue weighted by Gasteiger charge is 2.09. The molecule has 0 aliphatic rings. The molecule has 1 N–H and O–H groups in total. The van der Waals surface area contributed by atoms with Crippen LogP contribution < -0.4 is 5.32 Å². The second-order valence-corrected chi connectivity index (χ2v) is 6.95. The first-order valence-corrected chi connectivity index (χ1v) is 10.1. The van der Waals surface area contributed by atoms with Crippen molar-refractivity contribution in [2.24, 2.45) is 0 Å². The molecule has 0 aliphatic carbocycles. The molecule has 0 unspecified atom stereocenters. The summed E-state index contributed by atoms with van der Waals surface area (Å²) in [6, 6.07) is 17.8. The number of aryl methyl sites for hydroxylation is 2. The van der Waals surface area contributed by atoms with Gasteiger partial charge in [-0.15, -0.1) is 0 Å². The first-order valence-electron chi connectivity index (χ1n) is 10.1. The molecule has 3 rings (SSSR count). The summed E-state index contributed by atoms with van der Waals surface area (Å²) in [6.07, 6.45) is 6.54. The van der Waals surface area contributed by atoms with E-state index in [1.165, 1.54) is 24.2 Å². The fourth-order valence-corrected chi connectivity index (χ4v) is 3.36. The second-order valence-electron chi connectivity index (χ2n) is 6.95. The molecule has 0 fully saturated rings. The van der Waals surface area contributed by atoms with Crippen LogP contribution in [-0.2, 0) is 13.0 Å². The van der Waals surface area contributed by atoms with Gasteiger partial charge in [0, 0.05) is 25.1 Å². The van der Waals surface area contributed by atoms with E-state index in [4.69, 9.17) is 4.98 Å². The number of carbonyl (C=O) groups excluding carboxylic acids is 1. The van der Waals surface area contributed by atoms with Gasteiger partial charge in [0.25, 0.3) is 5.91 Å². The van der Waals surface area contributed by atoms with E-state index in [1.54, 1.807) is 0 Å². The van der Waals surface area contributed by atoms with Gasteiger partial charge in [-0.1, -0.05) is 50.1 Å². The average Bonchev–Trinajstić information content (AvgIpc) is 3.06. The van der Waals surface area contributed by atoms with E-state index in [2.05, 4.69) is 41.1 Å². The van der Waals surface area contributed by atoms with Gasteiger partial charge in [-0.05, 0) is 43.5 Å². The number of unbranched alkanes of at least 4 members (excludes halogenated alkanes) is 3. The van der Waals surface area contributed by atoms with Crippen molar-refractivity contribution in [1.82, 2.24) is 14.9 Å². The molecule has 1 amide bonds. The van der Waals surface area contributed by atoms with Crippen molar-refractivity contribution in [1.29, 1.82) is 0 Å². The lowest BCUT2D eigenvalue weighted by molar-refractivity contribution is 0.0953. The van der Waals surface area contributed by atoms with E-state index in [1.807, 2.05) is 30.3 Å². The van der Waals surface area contributed by atoms with E-state index < -0.39 is 0 Å². The molecular formula is C23H29N3O. The maximum absolute atomic E-state index is 12.0. The third-order valence-corrected chi connectivity index (χ3v) is 4.87. The standard InChI is InChI=1S/C23H29N3O/c1-2-3-18-26-21-15-10-9-14-20(21)25-22(26)16-8-5-11-17-24-23(27)19-12-6-4-7-13-19/h4,6-7,9-10,12-15H,2-3,5,8,11,16-18H2,1H3,(H,24,27). The Kier molecular flexibility index (Phi) is 7.03. The third-order valence-electron chi connectivity index (χ3n) is 4.87. The van der Waals surface area contributed by atoms with Crippen LogP contribution >= 0.6 is 0 Å². The first-order chi connectivity index (χ1) is 13.3. The predicted molar refractivity (Wildman–Crippen MR) is 111 cm³/mol. The quantitative estimate of drug-likeness (QED) is 0.516. The highest BCUT2D eigenvalue weighted by molar-refractivity contribution is 5.94. The number of carbonyl (C=O) groups is 1. The molecule has 142 valence electrons. The summed E-state index contributed by atoms with van der Waals surface area (Å²) in [5.41, 5.74) is 3.07. The summed E-state index contributed by atoms with van der Waals surface area (Å²) in [6.45, 7) is 3.99. The summed E-state index contributed by atoms with van der Waals surface area (Å²) in [4.78, 5) is 16.9. The number of hydrogen-bond donors (Lipinski definition) is 1. The van der Waals surface area contributed by atoms with Crippen molar-refractivity contribution >= 4 is 16.9 Å². The van der Waals surface area contributed by atoms with E-state index in [-0.39, 0.29) is 5.91 Å². The van der Waals surface area contributed by atoms with Crippen molar-refractivity contribution in [3.63, 3.8) is 0 Å². The van der Waals surface area contributed by atoms with Crippen molar-refractivity contribution < 1.29 is 4.79 Å². The molecule has 0 bridgehead atoms. The molecule has 27 heavy (non-hydrogen) atoms. The molecule has 4 heteroatoms. The highest BCUT2D eigenvalue weighted by atomic mass is 16.1. The van der Waals surface area contributed by atoms with Gasteiger partial charge in [0.05, 0.1) is 11.0 Å². The van der Waals surface area contributed by atoms with Gasteiger partial charge < -0.3 is 9.88 Å². The zero-order valence-electron chi connectivity index (χ0n) is 16.2. The number of nitrogens with one attached hydrogen (secondary N) is 1. The van der Waals surface area contributed by atoms with Crippen molar-refractivity contribution in [3.8, 4) is 0 Å². The molecule has 0 saturated heterocycles. The second kappa shape index (κ2) is 9.91. The number of amides is 1. The number of rotatable bonds is 10. The molecule has 3 aromatic rings. The van der Waals surface area contributed by atoms with E-state index in [9.17, 15) is 4.79 Å². The SMILES string of the molecule is CCCCn1c(CCCCCNC(=O)c2ccccc2)nc2ccccc21. The predicted octanol–water partition coefficient (Wildman–Crippen LogP) is 4.98. The minimum Gasteiger partial charge on any atom is -0.352 e. The molecule has 0 aliphatic heterocycles. The number of imidazole rings is 1. The van der Waals surface area contributed by atoms with E-state index in [0.29, 0.717) is 0 Å². The van der Waals surface area contributed by atoms with Crippen LogP contribution in [0.5, 0.6) is 0 Å². The fraction of sp³-hybridized carbons (Fsp3) is 0.391. The molecule has 1 aromatic heterocycles. The summed E-state index contributed by atoms with van der Waals surface area (Å²) in [7, 11) is 0. The molecule has 1 heterocycles. The Morgan fingerprint density at radius 2 is 1.74 bits per heavy atom. The van der Waals surface area contributed by atoms with Gasteiger partial charge >= 0.3 is 0 Å². The molecule has 4 nitrogen and oxygen atoms in total. The summed E-state index contributed by atoms with van der Waals surface area (Å²) in [5, 5.41) is 3.00. The Hall–Kier alpha value is -2.62. The maximum atomic E-state index is 12.0. The number of para-hydroxylation sites is 2. The summed E-state index contributed by atoms with van der Waals surface area (Å²) >= 11 is 0. The Morgan fingerprint density at radius 3 is 2.56 bits per heavy atom. The van der Waals surface area contributed by atoms with E-state index >= 15 is 0 Å². The Balaban J connectivity index is 1.45. The topological polar surface area (TPSA) is 46.9 Å². The highest BCUT2D eigenvalue weighted by Crippen LogP contribution is 2.18. The van der Waals surface area contributed by atoms with E-state index in [0.717, 1.165) is 49.9 Å². The Bertz CT molecular complexity index is 854. The van der Waals surface area contributed by atoms with Crippen LogP contribution in [-0.4, -0.2) is 22.0 Å². The first kappa shape index (κ1) is 19.2. The molecule has 2 aromatic carbocycles. The minimum absolute atomic E-state index is 0.0111. The van der Waals surface area contributed by atoms with Crippen LogP contribution in [0.4, 0.5) is 0 Å². The molecular weight excluding hydrogens is 334 g/mol. The number of aromatic nitrogens is 2. The smallest absolute Gasteiger partial charge is 0.251 e. The summed E-state index contributed by atoms with van der Waals surface area (Å²) in [5.74, 6) is 1.20. The van der Waals surface area contributed by atoms with Gasteiger partial charge in [-0.2, -0.15) is 0 Å². The maximum Gasteiger partial charge on any atom is 0.251 e. The minimum atomic E-state index is 0.0111. The van der Waals surface area contributed by atoms with Crippen molar-refractivity contribution in [2.45, 2.75) is 52.0 Å². The summed E-state index contributed by atoms with van der Waals surface area (Å²) < 4.78 is 2.38. The van der Waals surface area contributed by atoms with Gasteiger partial charge in [0.1, 0.15) is 5.82 Å². The van der Waals surface area contributed by atoms with Gasteiger partial charge in [0.2, 0.25) is 0 Å². The van der Waals surface area contributed by atoms with Crippen LogP contribution in [0.1, 0.15) is 55.2 Å². The van der Waals surface area contributed by atoms with Crippen LogP contribution in [0.2, 0.25) is 0 Å². The zero-order chi connectivity index (χ0) is 18.9. The van der Waals surface area contributed by atoms with Crippen LogP contribution in [0.3, 0.4) is 0 Å². The number of nitrogens with zero attached hydrogens (tertiary/aromatic N) is 2. The van der Waals surface area contributed by atoms with Crippen LogP contribution in [0.15, 0.2) is 54.6 Å². The molecule has 0 atom stereocenters. The fourth-order valence-electron chi connectivity index (χ4n) is 3.36. The lowest BCUT2D eigenvalue weighted by atomic mass is 10.1. The van der Waals surface area contributed by atoms with Gasteiger partial charge in [-0.3, -0.25) is 4.79 Å². The van der Waals surface area contributed by atoms with Crippen LogP contribution in [0, 0.1) is 0 Å². The average molecular weight is 364 g/mol. The molecule has 0 saturated carbocycles. The normalized spacial score (nSPS) is 11.0. The lowest BCUT2D eigenvalue weighted by Crippen LogP contribution is -2.24. The molecule has 0 radical (unpaired) electrons. The Labute approximate surface area is 161 Å². The third kappa shape index (κ3) is 5.19. The van der Waals surface area contributed by atoms with Crippen molar-refractivity contribution in [3.05, 3.63) is 66.0 Å². The largest absolute Gasteiger partial charge is 0.352 e. The monoisotopic (exact) mass is 363 g/mol. The number of fused-ring (bicyclic) bond motifs is 1.